The minimum absolute atomic E-state index is 0.0347. The Bertz CT molecular complexity index is 657. The average molecular weight is 291 g/mol. The van der Waals surface area contributed by atoms with E-state index in [1.54, 1.807) is 12.3 Å². The van der Waals surface area contributed by atoms with Crippen LogP contribution in [0.2, 0.25) is 0 Å². The molecule has 0 aliphatic heterocycles. The second kappa shape index (κ2) is 5.09. The van der Waals surface area contributed by atoms with Crippen molar-refractivity contribution < 1.29 is 14.7 Å². The molecule has 104 valence electrons. The van der Waals surface area contributed by atoms with E-state index in [-0.39, 0.29) is 18.1 Å². The van der Waals surface area contributed by atoms with Crippen LogP contribution in [0, 0.1) is 0 Å². The highest BCUT2D eigenvalue weighted by Gasteiger charge is 2.26. The van der Waals surface area contributed by atoms with Crippen LogP contribution in [0.4, 0.5) is 5.13 Å². The van der Waals surface area contributed by atoms with Crippen molar-refractivity contribution in [2.75, 3.05) is 5.32 Å². The van der Waals surface area contributed by atoms with Gasteiger partial charge in [0.1, 0.15) is 12.2 Å². The topological polar surface area (TPSA) is 84.2 Å². The van der Waals surface area contributed by atoms with Gasteiger partial charge >= 0.3 is 5.97 Å². The Hall–Kier alpha value is -2.15. The summed E-state index contributed by atoms with van der Waals surface area (Å²) in [6.07, 6.45) is 3.91. The molecule has 0 atom stereocenters. The molecular formula is C13H13N3O3S. The molecule has 0 aromatic carbocycles. The van der Waals surface area contributed by atoms with Crippen molar-refractivity contribution in [1.82, 2.24) is 9.55 Å². The molecule has 1 fully saturated rings. The normalized spacial score (nSPS) is 14.2. The lowest BCUT2D eigenvalue weighted by Crippen LogP contribution is -2.20. The fourth-order valence-electron chi connectivity index (χ4n) is 1.97. The molecule has 2 aromatic rings. The van der Waals surface area contributed by atoms with E-state index in [1.165, 1.54) is 34.8 Å². The molecule has 7 heteroatoms. The van der Waals surface area contributed by atoms with Crippen LogP contribution in [0.5, 0.6) is 0 Å². The van der Waals surface area contributed by atoms with E-state index in [9.17, 15) is 9.59 Å². The minimum Gasteiger partial charge on any atom is -0.477 e. The fraction of sp³-hybridized carbons (Fsp3) is 0.308. The summed E-state index contributed by atoms with van der Waals surface area (Å²) in [6.45, 7) is -0.0347. The van der Waals surface area contributed by atoms with Gasteiger partial charge in [-0.25, -0.2) is 9.78 Å². The first kappa shape index (κ1) is 12.9. The SMILES string of the molecule is O=C(Cn1cccc1C(=O)O)Nc1nc(C2CC2)cs1. The molecule has 0 radical (unpaired) electrons. The van der Waals surface area contributed by atoms with Crippen LogP contribution in [-0.2, 0) is 11.3 Å². The summed E-state index contributed by atoms with van der Waals surface area (Å²) >= 11 is 1.40. The number of hydrogen-bond donors (Lipinski definition) is 2. The lowest BCUT2D eigenvalue weighted by atomic mass is 10.3. The molecule has 20 heavy (non-hydrogen) atoms. The third-order valence-corrected chi connectivity index (χ3v) is 3.90. The van der Waals surface area contributed by atoms with Crippen molar-refractivity contribution in [3.8, 4) is 0 Å². The number of amides is 1. The number of anilines is 1. The number of aromatic carboxylic acids is 1. The van der Waals surface area contributed by atoms with Crippen molar-refractivity contribution >= 4 is 28.3 Å². The number of carboxylic acids is 1. The predicted molar refractivity (Wildman–Crippen MR) is 74.1 cm³/mol. The molecule has 0 spiro atoms. The molecule has 2 aromatic heterocycles. The van der Waals surface area contributed by atoms with E-state index in [2.05, 4.69) is 10.3 Å². The van der Waals surface area contributed by atoms with E-state index >= 15 is 0 Å². The van der Waals surface area contributed by atoms with Gasteiger partial charge in [-0.3, -0.25) is 4.79 Å². The van der Waals surface area contributed by atoms with Gasteiger partial charge in [-0.15, -0.1) is 11.3 Å². The van der Waals surface area contributed by atoms with Gasteiger partial charge in [-0.05, 0) is 25.0 Å². The van der Waals surface area contributed by atoms with Gasteiger partial charge < -0.3 is 15.0 Å². The maximum atomic E-state index is 11.9. The van der Waals surface area contributed by atoms with Crippen LogP contribution < -0.4 is 5.32 Å². The number of rotatable bonds is 5. The van der Waals surface area contributed by atoms with Crippen LogP contribution in [0.1, 0.15) is 34.9 Å². The number of aromatic nitrogens is 2. The Morgan fingerprint density at radius 2 is 2.30 bits per heavy atom. The largest absolute Gasteiger partial charge is 0.477 e. The maximum absolute atomic E-state index is 11.9. The third kappa shape index (κ3) is 2.72. The van der Waals surface area contributed by atoms with Crippen molar-refractivity contribution in [2.45, 2.75) is 25.3 Å². The van der Waals surface area contributed by atoms with Gasteiger partial charge in [0, 0.05) is 17.5 Å². The van der Waals surface area contributed by atoms with Gasteiger partial charge in [0.15, 0.2) is 5.13 Å². The number of nitrogens with zero attached hydrogens (tertiary/aromatic N) is 2. The second-order valence-electron chi connectivity index (χ2n) is 4.73. The van der Waals surface area contributed by atoms with Crippen molar-refractivity contribution in [1.29, 1.82) is 0 Å². The van der Waals surface area contributed by atoms with E-state index in [0.717, 1.165) is 5.69 Å². The van der Waals surface area contributed by atoms with E-state index in [1.807, 2.05) is 5.38 Å². The molecule has 6 nitrogen and oxygen atoms in total. The fourth-order valence-corrected chi connectivity index (χ4v) is 2.78. The number of hydrogen-bond acceptors (Lipinski definition) is 4. The summed E-state index contributed by atoms with van der Waals surface area (Å²) in [6, 6.07) is 3.07. The Labute approximate surface area is 119 Å². The number of carbonyl (C=O) groups excluding carboxylic acids is 1. The highest BCUT2D eigenvalue weighted by Crippen LogP contribution is 2.40. The zero-order chi connectivity index (χ0) is 14.1. The Balaban J connectivity index is 1.63. The number of thiazole rings is 1. The summed E-state index contributed by atoms with van der Waals surface area (Å²) in [5, 5.41) is 14.2. The number of nitrogens with one attached hydrogen (secondary N) is 1. The van der Waals surface area contributed by atoms with Crippen LogP contribution >= 0.6 is 11.3 Å². The lowest BCUT2D eigenvalue weighted by molar-refractivity contribution is -0.116. The van der Waals surface area contributed by atoms with Gasteiger partial charge in [-0.2, -0.15) is 0 Å². The van der Waals surface area contributed by atoms with E-state index in [0.29, 0.717) is 11.0 Å². The third-order valence-electron chi connectivity index (χ3n) is 3.13. The van der Waals surface area contributed by atoms with Gasteiger partial charge in [-0.1, -0.05) is 0 Å². The molecule has 2 heterocycles. The summed E-state index contributed by atoms with van der Waals surface area (Å²) in [5.41, 5.74) is 1.13. The quantitative estimate of drug-likeness (QED) is 0.884. The molecule has 0 unspecified atom stereocenters. The van der Waals surface area contributed by atoms with Crippen LogP contribution in [-0.4, -0.2) is 26.5 Å². The zero-order valence-electron chi connectivity index (χ0n) is 10.6. The molecular weight excluding hydrogens is 278 g/mol. The number of carbonyl (C=O) groups is 2. The van der Waals surface area contributed by atoms with Crippen molar-refractivity contribution in [3.63, 3.8) is 0 Å². The molecule has 3 rings (SSSR count). The monoisotopic (exact) mass is 291 g/mol. The lowest BCUT2D eigenvalue weighted by Gasteiger charge is -2.05. The summed E-state index contributed by atoms with van der Waals surface area (Å²) in [4.78, 5) is 27.2. The first-order chi connectivity index (χ1) is 9.63. The zero-order valence-corrected chi connectivity index (χ0v) is 11.4. The van der Waals surface area contributed by atoms with Crippen LogP contribution in [0.3, 0.4) is 0 Å². The summed E-state index contributed by atoms with van der Waals surface area (Å²) in [7, 11) is 0. The molecule has 1 amide bonds. The van der Waals surface area contributed by atoms with Crippen LogP contribution in [0.25, 0.3) is 0 Å². The highest BCUT2D eigenvalue weighted by atomic mass is 32.1. The van der Waals surface area contributed by atoms with Crippen molar-refractivity contribution in [3.05, 3.63) is 35.1 Å². The van der Waals surface area contributed by atoms with Crippen LogP contribution in [0.15, 0.2) is 23.7 Å². The maximum Gasteiger partial charge on any atom is 0.352 e. The molecule has 1 aliphatic rings. The Morgan fingerprint density at radius 1 is 1.50 bits per heavy atom. The minimum atomic E-state index is -1.05. The van der Waals surface area contributed by atoms with Gasteiger partial charge in [0.05, 0.1) is 5.69 Å². The highest BCUT2D eigenvalue weighted by molar-refractivity contribution is 7.13. The Morgan fingerprint density at radius 3 is 3.00 bits per heavy atom. The molecule has 1 aliphatic carbocycles. The van der Waals surface area contributed by atoms with Gasteiger partial charge in [0.25, 0.3) is 0 Å². The Kier molecular flexibility index (Phi) is 3.27. The predicted octanol–water partition coefficient (Wildman–Crippen LogP) is 2.16. The van der Waals surface area contributed by atoms with Crippen molar-refractivity contribution in [2.24, 2.45) is 0 Å². The molecule has 2 N–H and O–H groups in total. The standard InChI is InChI=1S/C13H13N3O3S/c17-11(6-16-5-1-2-10(16)12(18)19)15-13-14-9(7-20-13)8-3-4-8/h1-2,5,7-8H,3-4,6H2,(H,18,19)(H,14,15,17). The average Bonchev–Trinajstić information content (AvgIpc) is 2.96. The molecule has 1 saturated carbocycles. The van der Waals surface area contributed by atoms with E-state index in [4.69, 9.17) is 5.11 Å². The molecule has 0 bridgehead atoms. The summed E-state index contributed by atoms with van der Waals surface area (Å²) in [5.74, 6) is -0.770. The number of carboxylic acid groups (broad SMARTS) is 1. The van der Waals surface area contributed by atoms with E-state index < -0.39 is 5.97 Å². The van der Waals surface area contributed by atoms with Gasteiger partial charge in [0.2, 0.25) is 5.91 Å². The smallest absolute Gasteiger partial charge is 0.352 e. The first-order valence-corrected chi connectivity index (χ1v) is 7.15. The molecule has 0 saturated heterocycles. The second-order valence-corrected chi connectivity index (χ2v) is 5.58. The first-order valence-electron chi connectivity index (χ1n) is 6.27. The summed E-state index contributed by atoms with van der Waals surface area (Å²) < 4.78 is 1.40.